The standard InChI is InChI=1S/C17H16O2/c1-13-3-5-15(6-4-13)7-8-16-9-11-17(12-10-16)19-14(2)18/h3-12H,1-2H3/b8-7+. The number of benzene rings is 2. The minimum atomic E-state index is -0.303. The van der Waals surface area contributed by atoms with Gasteiger partial charge in [-0.1, -0.05) is 54.1 Å². The normalized spacial score (nSPS) is 10.6. The van der Waals surface area contributed by atoms with E-state index in [1.165, 1.54) is 12.5 Å². The van der Waals surface area contributed by atoms with Gasteiger partial charge in [0.15, 0.2) is 0 Å². The highest BCUT2D eigenvalue weighted by atomic mass is 16.5. The Morgan fingerprint density at radius 1 is 0.895 bits per heavy atom. The molecule has 0 saturated heterocycles. The summed E-state index contributed by atoms with van der Waals surface area (Å²) in [5.74, 6) is 0.267. The van der Waals surface area contributed by atoms with Gasteiger partial charge in [-0.3, -0.25) is 4.79 Å². The van der Waals surface area contributed by atoms with E-state index in [2.05, 4.69) is 37.3 Å². The third-order valence-corrected chi connectivity index (χ3v) is 2.69. The molecule has 2 aromatic rings. The molecule has 0 saturated carbocycles. The van der Waals surface area contributed by atoms with Crippen molar-refractivity contribution < 1.29 is 9.53 Å². The Labute approximate surface area is 113 Å². The fraction of sp³-hybridized carbons (Fsp3) is 0.118. The maximum absolute atomic E-state index is 10.8. The van der Waals surface area contributed by atoms with Crippen LogP contribution < -0.4 is 4.74 Å². The highest BCUT2D eigenvalue weighted by molar-refractivity contribution is 5.71. The molecule has 0 aromatic heterocycles. The van der Waals surface area contributed by atoms with E-state index in [0.717, 1.165) is 11.1 Å². The molecule has 0 N–H and O–H groups in total. The van der Waals surface area contributed by atoms with E-state index in [1.807, 2.05) is 18.2 Å². The SMILES string of the molecule is CC(=O)Oc1ccc(/C=C/c2ccc(C)cc2)cc1. The summed E-state index contributed by atoms with van der Waals surface area (Å²) in [5, 5.41) is 0. The molecule has 0 heterocycles. The van der Waals surface area contributed by atoms with Crippen molar-refractivity contribution in [2.45, 2.75) is 13.8 Å². The number of carbonyl (C=O) groups excluding carboxylic acids is 1. The minimum Gasteiger partial charge on any atom is -0.427 e. The highest BCUT2D eigenvalue weighted by Gasteiger charge is 1.96. The predicted molar refractivity (Wildman–Crippen MR) is 77.9 cm³/mol. The first kappa shape index (κ1) is 13.1. The van der Waals surface area contributed by atoms with Crippen LogP contribution in [0.25, 0.3) is 12.2 Å². The van der Waals surface area contributed by atoms with Crippen LogP contribution in [0.2, 0.25) is 0 Å². The zero-order chi connectivity index (χ0) is 13.7. The average molecular weight is 252 g/mol. The molecule has 0 radical (unpaired) electrons. The second-order valence-electron chi connectivity index (χ2n) is 4.41. The van der Waals surface area contributed by atoms with Gasteiger partial charge in [-0.15, -0.1) is 0 Å². The Morgan fingerprint density at radius 2 is 1.37 bits per heavy atom. The number of rotatable bonds is 3. The summed E-state index contributed by atoms with van der Waals surface area (Å²) in [6, 6.07) is 15.8. The zero-order valence-corrected chi connectivity index (χ0v) is 11.1. The van der Waals surface area contributed by atoms with E-state index in [1.54, 1.807) is 12.1 Å². The molecule has 2 nitrogen and oxygen atoms in total. The van der Waals surface area contributed by atoms with Crippen LogP contribution in [-0.2, 0) is 4.79 Å². The highest BCUT2D eigenvalue weighted by Crippen LogP contribution is 2.15. The van der Waals surface area contributed by atoms with E-state index < -0.39 is 0 Å². The Morgan fingerprint density at radius 3 is 1.84 bits per heavy atom. The lowest BCUT2D eigenvalue weighted by molar-refractivity contribution is -0.131. The van der Waals surface area contributed by atoms with Crippen LogP contribution in [0.4, 0.5) is 0 Å². The van der Waals surface area contributed by atoms with Gasteiger partial charge in [0.2, 0.25) is 0 Å². The molecule has 19 heavy (non-hydrogen) atoms. The van der Waals surface area contributed by atoms with Gasteiger partial charge in [0.05, 0.1) is 0 Å². The number of hydrogen-bond donors (Lipinski definition) is 0. The lowest BCUT2D eigenvalue weighted by Gasteiger charge is -2.01. The van der Waals surface area contributed by atoms with Crippen LogP contribution >= 0.6 is 0 Å². The lowest BCUT2D eigenvalue weighted by Crippen LogP contribution is -2.00. The first-order valence-corrected chi connectivity index (χ1v) is 6.17. The molecule has 0 atom stereocenters. The van der Waals surface area contributed by atoms with Crippen molar-refractivity contribution in [3.8, 4) is 5.75 Å². The number of hydrogen-bond acceptors (Lipinski definition) is 2. The molecular formula is C17H16O2. The van der Waals surface area contributed by atoms with Crippen molar-refractivity contribution in [2.24, 2.45) is 0 Å². The largest absolute Gasteiger partial charge is 0.427 e. The molecule has 0 aliphatic rings. The molecule has 2 rings (SSSR count). The van der Waals surface area contributed by atoms with Crippen LogP contribution in [0.1, 0.15) is 23.6 Å². The van der Waals surface area contributed by atoms with Crippen LogP contribution in [0.15, 0.2) is 48.5 Å². The molecule has 0 unspecified atom stereocenters. The van der Waals surface area contributed by atoms with Gasteiger partial charge in [0.25, 0.3) is 0 Å². The summed E-state index contributed by atoms with van der Waals surface area (Å²) in [7, 11) is 0. The summed E-state index contributed by atoms with van der Waals surface area (Å²) < 4.78 is 4.98. The van der Waals surface area contributed by atoms with Crippen molar-refractivity contribution in [1.82, 2.24) is 0 Å². The maximum Gasteiger partial charge on any atom is 0.308 e. The third-order valence-electron chi connectivity index (χ3n) is 2.69. The molecule has 96 valence electrons. The van der Waals surface area contributed by atoms with E-state index >= 15 is 0 Å². The molecule has 0 spiro atoms. The monoisotopic (exact) mass is 252 g/mol. The second-order valence-corrected chi connectivity index (χ2v) is 4.41. The van der Waals surface area contributed by atoms with Crippen molar-refractivity contribution >= 4 is 18.1 Å². The van der Waals surface area contributed by atoms with Gasteiger partial charge in [0, 0.05) is 6.92 Å². The minimum absolute atomic E-state index is 0.303. The van der Waals surface area contributed by atoms with Gasteiger partial charge in [-0.05, 0) is 30.2 Å². The van der Waals surface area contributed by atoms with Gasteiger partial charge in [-0.25, -0.2) is 0 Å². The van der Waals surface area contributed by atoms with Gasteiger partial charge < -0.3 is 4.74 Å². The summed E-state index contributed by atoms with van der Waals surface area (Å²) in [5.41, 5.74) is 3.48. The molecular weight excluding hydrogens is 236 g/mol. The van der Waals surface area contributed by atoms with Crippen molar-refractivity contribution in [3.63, 3.8) is 0 Å². The predicted octanol–water partition coefficient (Wildman–Crippen LogP) is 4.09. The van der Waals surface area contributed by atoms with Gasteiger partial charge in [0.1, 0.15) is 5.75 Å². The molecule has 0 amide bonds. The van der Waals surface area contributed by atoms with Crippen LogP contribution in [0.5, 0.6) is 5.75 Å². The van der Waals surface area contributed by atoms with Gasteiger partial charge in [-0.2, -0.15) is 0 Å². The van der Waals surface area contributed by atoms with Crippen LogP contribution in [0, 0.1) is 6.92 Å². The number of carbonyl (C=O) groups is 1. The Kier molecular flexibility index (Phi) is 4.14. The van der Waals surface area contributed by atoms with Crippen molar-refractivity contribution in [2.75, 3.05) is 0 Å². The fourth-order valence-corrected chi connectivity index (χ4v) is 1.68. The Hall–Kier alpha value is -2.35. The molecule has 2 heteroatoms. The van der Waals surface area contributed by atoms with E-state index in [9.17, 15) is 4.79 Å². The van der Waals surface area contributed by atoms with E-state index in [0.29, 0.717) is 5.75 Å². The first-order valence-electron chi connectivity index (χ1n) is 6.17. The van der Waals surface area contributed by atoms with E-state index in [4.69, 9.17) is 4.74 Å². The Bertz CT molecular complexity index is 578. The third kappa shape index (κ3) is 4.11. The lowest BCUT2D eigenvalue weighted by atomic mass is 10.1. The van der Waals surface area contributed by atoms with Crippen molar-refractivity contribution in [3.05, 3.63) is 65.2 Å². The van der Waals surface area contributed by atoms with Crippen LogP contribution in [0.3, 0.4) is 0 Å². The summed E-state index contributed by atoms with van der Waals surface area (Å²) >= 11 is 0. The number of aryl methyl sites for hydroxylation is 1. The zero-order valence-electron chi connectivity index (χ0n) is 11.1. The summed E-state index contributed by atoms with van der Waals surface area (Å²) in [4.78, 5) is 10.8. The summed E-state index contributed by atoms with van der Waals surface area (Å²) in [6.07, 6.45) is 4.09. The van der Waals surface area contributed by atoms with Gasteiger partial charge >= 0.3 is 5.97 Å². The summed E-state index contributed by atoms with van der Waals surface area (Å²) in [6.45, 7) is 3.46. The second kappa shape index (κ2) is 6.01. The molecule has 0 aliphatic heterocycles. The fourth-order valence-electron chi connectivity index (χ4n) is 1.68. The smallest absolute Gasteiger partial charge is 0.308 e. The number of ether oxygens (including phenoxy) is 1. The average Bonchev–Trinajstić information content (AvgIpc) is 2.39. The Balaban J connectivity index is 2.06. The number of esters is 1. The maximum atomic E-state index is 10.8. The van der Waals surface area contributed by atoms with E-state index in [-0.39, 0.29) is 5.97 Å². The molecule has 2 aromatic carbocycles. The molecule has 0 aliphatic carbocycles. The van der Waals surface area contributed by atoms with Crippen molar-refractivity contribution in [1.29, 1.82) is 0 Å². The first-order chi connectivity index (χ1) is 9.13. The molecule has 0 bridgehead atoms. The quantitative estimate of drug-likeness (QED) is 0.467. The van der Waals surface area contributed by atoms with Crippen LogP contribution in [-0.4, -0.2) is 5.97 Å². The molecule has 0 fully saturated rings. The topological polar surface area (TPSA) is 26.3 Å².